The Kier molecular flexibility index (Phi) is 5.23. The number of nitrogens with zero attached hydrogens (tertiary/aromatic N) is 4. The molecule has 0 aliphatic carbocycles. The number of halogens is 1. The zero-order chi connectivity index (χ0) is 20.2. The molecule has 0 atom stereocenters. The van der Waals surface area contributed by atoms with E-state index < -0.39 is 0 Å². The Balaban J connectivity index is 1.57. The van der Waals surface area contributed by atoms with Crippen LogP contribution >= 0.6 is 11.6 Å². The van der Waals surface area contributed by atoms with Gasteiger partial charge in [-0.05, 0) is 48.4 Å². The van der Waals surface area contributed by atoms with E-state index in [-0.39, 0.29) is 5.91 Å². The molecule has 0 unspecified atom stereocenters. The summed E-state index contributed by atoms with van der Waals surface area (Å²) in [5.41, 5.74) is 4.27. The first-order chi connectivity index (χ1) is 14.1. The van der Waals surface area contributed by atoms with Crippen molar-refractivity contribution in [2.24, 2.45) is 0 Å². The van der Waals surface area contributed by atoms with Crippen molar-refractivity contribution in [1.29, 1.82) is 5.26 Å². The molecule has 2 aromatic carbocycles. The normalized spacial score (nSPS) is 10.6. The summed E-state index contributed by atoms with van der Waals surface area (Å²) < 4.78 is 1.67. The molecule has 4 aromatic rings. The fraction of sp³-hybridized carbons (Fsp3) is 0.0909. The molecule has 1 amide bonds. The van der Waals surface area contributed by atoms with Gasteiger partial charge in [0.05, 0.1) is 17.3 Å². The van der Waals surface area contributed by atoms with Crippen molar-refractivity contribution >= 4 is 23.2 Å². The highest BCUT2D eigenvalue weighted by atomic mass is 35.5. The molecule has 2 heterocycles. The SMILES string of the molecule is N#Cc1ccc(-c2cc(C(=O)NCCc3cccc(Cl)c3)cc3ncnn23)cc1. The van der Waals surface area contributed by atoms with Crippen LogP contribution in [0.15, 0.2) is 67.0 Å². The molecule has 0 aliphatic rings. The lowest BCUT2D eigenvalue weighted by Crippen LogP contribution is -2.26. The van der Waals surface area contributed by atoms with E-state index in [9.17, 15) is 4.79 Å². The van der Waals surface area contributed by atoms with E-state index in [1.807, 2.05) is 36.4 Å². The maximum Gasteiger partial charge on any atom is 0.251 e. The molecule has 0 radical (unpaired) electrons. The molecule has 2 aromatic heterocycles. The van der Waals surface area contributed by atoms with E-state index in [0.29, 0.717) is 34.8 Å². The van der Waals surface area contributed by atoms with Gasteiger partial charge >= 0.3 is 0 Å². The monoisotopic (exact) mass is 401 g/mol. The van der Waals surface area contributed by atoms with Crippen LogP contribution in [0.4, 0.5) is 0 Å². The second kappa shape index (κ2) is 8.13. The number of aromatic nitrogens is 3. The molecule has 1 N–H and O–H groups in total. The van der Waals surface area contributed by atoms with Gasteiger partial charge in [0.25, 0.3) is 5.91 Å². The van der Waals surface area contributed by atoms with Crippen LogP contribution in [0.1, 0.15) is 21.5 Å². The molecule has 4 rings (SSSR count). The Bertz CT molecular complexity index is 1220. The lowest BCUT2D eigenvalue weighted by atomic mass is 10.1. The number of fused-ring (bicyclic) bond motifs is 1. The average molecular weight is 402 g/mol. The van der Waals surface area contributed by atoms with E-state index in [2.05, 4.69) is 21.5 Å². The number of pyridine rings is 1. The third-order valence-corrected chi connectivity index (χ3v) is 4.77. The molecule has 142 valence electrons. The van der Waals surface area contributed by atoms with Crippen LogP contribution < -0.4 is 5.32 Å². The summed E-state index contributed by atoms with van der Waals surface area (Å²) >= 11 is 6.00. The number of rotatable bonds is 5. The minimum absolute atomic E-state index is 0.188. The number of benzene rings is 2. The van der Waals surface area contributed by atoms with E-state index in [1.165, 1.54) is 6.33 Å². The highest BCUT2D eigenvalue weighted by Crippen LogP contribution is 2.22. The summed E-state index contributed by atoms with van der Waals surface area (Å²) in [7, 11) is 0. The number of hydrogen-bond acceptors (Lipinski definition) is 4. The van der Waals surface area contributed by atoms with Crippen LogP contribution in [0, 0.1) is 11.3 Å². The second-order valence-corrected chi connectivity index (χ2v) is 6.92. The van der Waals surface area contributed by atoms with E-state index in [1.54, 1.807) is 28.8 Å². The van der Waals surface area contributed by atoms with Gasteiger partial charge in [-0.2, -0.15) is 10.4 Å². The standard InChI is InChI=1S/C22H16ClN5O/c23-19-3-1-2-15(10-19)8-9-25-22(29)18-11-20(28-21(12-18)26-14-27-28)17-6-4-16(13-24)5-7-17/h1-7,10-12,14H,8-9H2,(H,25,29). The van der Waals surface area contributed by atoms with Crippen molar-refractivity contribution in [2.75, 3.05) is 6.54 Å². The lowest BCUT2D eigenvalue weighted by Gasteiger charge is -2.10. The molecule has 6 nitrogen and oxygen atoms in total. The Morgan fingerprint density at radius 2 is 1.97 bits per heavy atom. The topological polar surface area (TPSA) is 83.1 Å². The van der Waals surface area contributed by atoms with Crippen LogP contribution in [-0.2, 0) is 6.42 Å². The van der Waals surface area contributed by atoms with Gasteiger partial charge in [0.2, 0.25) is 0 Å². The molecule has 7 heteroatoms. The highest BCUT2D eigenvalue weighted by molar-refractivity contribution is 6.30. The Morgan fingerprint density at radius 1 is 1.14 bits per heavy atom. The molecule has 0 bridgehead atoms. The molecule has 29 heavy (non-hydrogen) atoms. The van der Waals surface area contributed by atoms with Gasteiger partial charge in [0, 0.05) is 22.7 Å². The van der Waals surface area contributed by atoms with Crippen LogP contribution in [0.5, 0.6) is 0 Å². The van der Waals surface area contributed by atoms with Crippen molar-refractivity contribution in [2.45, 2.75) is 6.42 Å². The number of nitrogens with one attached hydrogen (secondary N) is 1. The zero-order valence-electron chi connectivity index (χ0n) is 15.3. The summed E-state index contributed by atoms with van der Waals surface area (Å²) in [4.78, 5) is 16.9. The van der Waals surface area contributed by atoms with Crippen molar-refractivity contribution in [1.82, 2.24) is 19.9 Å². The maximum absolute atomic E-state index is 12.7. The first-order valence-electron chi connectivity index (χ1n) is 9.01. The maximum atomic E-state index is 12.7. The minimum Gasteiger partial charge on any atom is -0.352 e. The summed E-state index contributed by atoms with van der Waals surface area (Å²) in [6.07, 6.45) is 2.13. The molecule has 0 spiro atoms. The fourth-order valence-corrected chi connectivity index (χ4v) is 3.30. The van der Waals surface area contributed by atoms with Crippen LogP contribution in [0.2, 0.25) is 5.02 Å². The molecule has 0 aliphatic heterocycles. The summed E-state index contributed by atoms with van der Waals surface area (Å²) in [5.74, 6) is -0.188. The van der Waals surface area contributed by atoms with Crippen LogP contribution in [0.25, 0.3) is 16.9 Å². The minimum atomic E-state index is -0.188. The van der Waals surface area contributed by atoms with Crippen molar-refractivity contribution in [3.63, 3.8) is 0 Å². The third kappa shape index (κ3) is 4.10. The van der Waals surface area contributed by atoms with Gasteiger partial charge in [0.1, 0.15) is 6.33 Å². The number of nitriles is 1. The molecule has 0 saturated heterocycles. The number of hydrogen-bond donors (Lipinski definition) is 1. The Morgan fingerprint density at radius 3 is 2.72 bits per heavy atom. The number of carbonyl (C=O) groups is 1. The van der Waals surface area contributed by atoms with Crippen LogP contribution in [-0.4, -0.2) is 27.0 Å². The molecule has 0 saturated carbocycles. The zero-order valence-corrected chi connectivity index (χ0v) is 16.1. The van der Waals surface area contributed by atoms with E-state index >= 15 is 0 Å². The smallest absolute Gasteiger partial charge is 0.251 e. The first-order valence-corrected chi connectivity index (χ1v) is 9.39. The number of carbonyl (C=O) groups excluding carboxylic acids is 1. The molecule has 0 fully saturated rings. The average Bonchev–Trinajstić information content (AvgIpc) is 3.22. The third-order valence-electron chi connectivity index (χ3n) is 4.54. The van der Waals surface area contributed by atoms with E-state index in [4.69, 9.17) is 16.9 Å². The summed E-state index contributed by atoms with van der Waals surface area (Å²) in [6, 6.07) is 20.3. The highest BCUT2D eigenvalue weighted by Gasteiger charge is 2.13. The van der Waals surface area contributed by atoms with Crippen molar-refractivity contribution in [3.05, 3.63) is 88.7 Å². The van der Waals surface area contributed by atoms with Crippen molar-refractivity contribution < 1.29 is 4.79 Å². The quantitative estimate of drug-likeness (QED) is 0.549. The summed E-state index contributed by atoms with van der Waals surface area (Å²) in [5, 5.41) is 16.9. The first kappa shape index (κ1) is 18.7. The van der Waals surface area contributed by atoms with Gasteiger partial charge in [-0.3, -0.25) is 4.79 Å². The van der Waals surface area contributed by atoms with E-state index in [0.717, 1.165) is 16.8 Å². The van der Waals surface area contributed by atoms with Crippen LogP contribution in [0.3, 0.4) is 0 Å². The predicted molar refractivity (Wildman–Crippen MR) is 111 cm³/mol. The van der Waals surface area contributed by atoms with Gasteiger partial charge < -0.3 is 5.32 Å². The van der Waals surface area contributed by atoms with Gasteiger partial charge in [0.15, 0.2) is 5.65 Å². The molecular formula is C22H16ClN5O. The van der Waals surface area contributed by atoms with Gasteiger partial charge in [-0.25, -0.2) is 9.50 Å². The van der Waals surface area contributed by atoms with Gasteiger partial charge in [-0.15, -0.1) is 0 Å². The van der Waals surface area contributed by atoms with Crippen molar-refractivity contribution in [3.8, 4) is 17.3 Å². The Hall–Kier alpha value is -3.69. The lowest BCUT2D eigenvalue weighted by molar-refractivity contribution is 0.0954. The largest absolute Gasteiger partial charge is 0.352 e. The fourth-order valence-electron chi connectivity index (χ4n) is 3.09. The molecular weight excluding hydrogens is 386 g/mol. The Labute approximate surface area is 172 Å². The second-order valence-electron chi connectivity index (χ2n) is 6.48. The number of amides is 1. The van der Waals surface area contributed by atoms with Gasteiger partial charge in [-0.1, -0.05) is 35.9 Å². The predicted octanol–water partition coefficient (Wildman–Crippen LogP) is 3.89. The summed E-state index contributed by atoms with van der Waals surface area (Å²) in [6.45, 7) is 0.489.